The van der Waals surface area contributed by atoms with E-state index in [1.165, 1.54) is 0 Å². The van der Waals surface area contributed by atoms with E-state index in [9.17, 15) is 5.11 Å². The highest BCUT2D eigenvalue weighted by Crippen LogP contribution is 2.21. The molecule has 0 aliphatic carbocycles. The molecule has 0 fully saturated rings. The Morgan fingerprint density at radius 1 is 1.25 bits per heavy atom. The van der Waals surface area contributed by atoms with Crippen LogP contribution >= 0.6 is 0 Å². The minimum absolute atomic E-state index is 0.255. The Balaban J connectivity index is 2.34. The summed E-state index contributed by atoms with van der Waals surface area (Å²) in [6, 6.07) is 7.01. The number of allylic oxidation sites excluding steroid dienone is 3. The van der Waals surface area contributed by atoms with Crippen molar-refractivity contribution in [3.05, 3.63) is 53.5 Å². The monoisotopic (exact) mass is 269 g/mol. The summed E-state index contributed by atoms with van der Waals surface area (Å²) in [7, 11) is 0. The molecule has 1 heterocycles. The van der Waals surface area contributed by atoms with Crippen molar-refractivity contribution in [1.29, 1.82) is 0 Å². The lowest BCUT2D eigenvalue weighted by atomic mass is 10.1. The molecule has 1 aromatic carbocycles. The fourth-order valence-electron chi connectivity index (χ4n) is 2.03. The van der Waals surface area contributed by atoms with Gasteiger partial charge in [-0.05, 0) is 69.7 Å². The number of aliphatic imine (C=N–C) groups is 1. The third-order valence-corrected chi connectivity index (χ3v) is 3.05. The molecule has 0 saturated heterocycles. The van der Waals surface area contributed by atoms with Crippen LogP contribution < -0.4 is 0 Å². The highest BCUT2D eigenvalue weighted by molar-refractivity contribution is 5.99. The summed E-state index contributed by atoms with van der Waals surface area (Å²) in [6.07, 6.45) is 3.94. The third-order valence-electron chi connectivity index (χ3n) is 3.05. The maximum Gasteiger partial charge on any atom is 0.149 e. The topological polar surface area (TPSA) is 48.2 Å². The van der Waals surface area contributed by atoms with Gasteiger partial charge in [-0.3, -0.25) is 0 Å². The molecular formula is C16H19N3O. The van der Waals surface area contributed by atoms with Crippen LogP contribution in [0.3, 0.4) is 0 Å². The number of rotatable bonds is 2. The molecule has 0 aromatic heterocycles. The zero-order chi connectivity index (χ0) is 14.7. The lowest BCUT2D eigenvalue weighted by Gasteiger charge is -2.24. The molecule has 1 N–H and O–H groups in total. The van der Waals surface area contributed by atoms with E-state index in [2.05, 4.69) is 10.1 Å². The van der Waals surface area contributed by atoms with Crippen LogP contribution in [-0.2, 0) is 0 Å². The summed E-state index contributed by atoms with van der Waals surface area (Å²) in [5, 5.41) is 15.8. The van der Waals surface area contributed by atoms with Gasteiger partial charge >= 0.3 is 0 Å². The van der Waals surface area contributed by atoms with Crippen LogP contribution in [0.25, 0.3) is 0 Å². The van der Waals surface area contributed by atoms with Crippen LogP contribution in [0.5, 0.6) is 5.75 Å². The lowest BCUT2D eigenvalue weighted by Crippen LogP contribution is -2.20. The van der Waals surface area contributed by atoms with E-state index in [-0.39, 0.29) is 5.75 Å². The van der Waals surface area contributed by atoms with E-state index < -0.39 is 0 Å². The summed E-state index contributed by atoms with van der Waals surface area (Å²) < 4.78 is 0. The molecule has 0 atom stereocenters. The highest BCUT2D eigenvalue weighted by Gasteiger charge is 2.15. The first-order valence-electron chi connectivity index (χ1n) is 6.56. The van der Waals surface area contributed by atoms with Crippen LogP contribution in [-0.4, -0.2) is 21.5 Å². The Bertz CT molecular complexity index is 622. The second-order valence-electron chi connectivity index (χ2n) is 4.73. The molecule has 4 nitrogen and oxygen atoms in total. The maximum atomic E-state index is 9.32. The standard InChI is InChI=1S/C16H19N3O/c1-5-16-17-11(2)10-12(3)19(16)18-13(4)14-6-8-15(20)9-7-14/h5-10,20H,1-4H3/b16-5+,18-13+. The van der Waals surface area contributed by atoms with Gasteiger partial charge in [0.2, 0.25) is 0 Å². The second kappa shape index (κ2) is 5.74. The second-order valence-corrected chi connectivity index (χ2v) is 4.73. The Kier molecular flexibility index (Phi) is 4.03. The summed E-state index contributed by atoms with van der Waals surface area (Å²) in [5.74, 6) is 1.07. The molecule has 1 aromatic rings. The SMILES string of the molecule is C/C=C1\N=C(C)C=C(C)N1/N=C(\C)c1ccc(O)cc1. The summed E-state index contributed by atoms with van der Waals surface area (Å²) in [4.78, 5) is 4.47. The molecule has 104 valence electrons. The molecule has 1 aliphatic rings. The maximum absolute atomic E-state index is 9.32. The van der Waals surface area contributed by atoms with Crippen molar-refractivity contribution < 1.29 is 5.11 Å². The van der Waals surface area contributed by atoms with Gasteiger partial charge in [-0.1, -0.05) is 0 Å². The van der Waals surface area contributed by atoms with Gasteiger partial charge in [0.05, 0.1) is 5.71 Å². The molecule has 0 unspecified atom stereocenters. The average Bonchev–Trinajstić information content (AvgIpc) is 2.42. The van der Waals surface area contributed by atoms with Crippen LogP contribution in [0.15, 0.2) is 58.0 Å². The van der Waals surface area contributed by atoms with Gasteiger partial charge in [-0.2, -0.15) is 5.10 Å². The minimum Gasteiger partial charge on any atom is -0.508 e. The molecule has 4 heteroatoms. The van der Waals surface area contributed by atoms with E-state index in [1.54, 1.807) is 12.1 Å². The van der Waals surface area contributed by atoms with E-state index in [4.69, 9.17) is 0 Å². The quantitative estimate of drug-likeness (QED) is 0.833. The van der Waals surface area contributed by atoms with Crippen molar-refractivity contribution >= 4 is 11.4 Å². The molecule has 2 rings (SSSR count). The number of aromatic hydroxyl groups is 1. The van der Waals surface area contributed by atoms with Crippen LogP contribution in [0.4, 0.5) is 0 Å². The number of nitrogens with zero attached hydrogens (tertiary/aromatic N) is 3. The van der Waals surface area contributed by atoms with Gasteiger partial charge in [0.15, 0.2) is 0 Å². The normalized spacial score (nSPS) is 18.1. The molecule has 0 amide bonds. The van der Waals surface area contributed by atoms with E-state index in [0.717, 1.165) is 28.5 Å². The molecule has 0 spiro atoms. The molecule has 0 bridgehead atoms. The molecule has 0 saturated carbocycles. The molecule has 1 aliphatic heterocycles. The highest BCUT2D eigenvalue weighted by atomic mass is 16.3. The molecule has 0 radical (unpaired) electrons. The van der Waals surface area contributed by atoms with Gasteiger partial charge < -0.3 is 5.11 Å². The summed E-state index contributed by atoms with van der Waals surface area (Å²) in [5.41, 5.74) is 3.84. The number of hydrazone groups is 1. The van der Waals surface area contributed by atoms with Crippen LogP contribution in [0.1, 0.15) is 33.3 Å². The Hall–Kier alpha value is -2.36. The number of hydrogen-bond acceptors (Lipinski definition) is 4. The number of hydrogen-bond donors (Lipinski definition) is 1. The predicted molar refractivity (Wildman–Crippen MR) is 82.8 cm³/mol. The van der Waals surface area contributed by atoms with Crippen molar-refractivity contribution in [2.75, 3.05) is 0 Å². The largest absolute Gasteiger partial charge is 0.508 e. The Labute approximate surface area is 119 Å². The fourth-order valence-corrected chi connectivity index (χ4v) is 2.03. The smallest absolute Gasteiger partial charge is 0.149 e. The Morgan fingerprint density at radius 3 is 2.50 bits per heavy atom. The zero-order valence-corrected chi connectivity index (χ0v) is 12.3. The van der Waals surface area contributed by atoms with Gasteiger partial charge in [-0.15, -0.1) is 0 Å². The summed E-state index contributed by atoms with van der Waals surface area (Å²) in [6.45, 7) is 7.87. The number of benzene rings is 1. The first kappa shape index (κ1) is 14.1. The van der Waals surface area contributed by atoms with Gasteiger partial charge in [-0.25, -0.2) is 10.0 Å². The lowest BCUT2D eigenvalue weighted by molar-refractivity contribution is 0.446. The van der Waals surface area contributed by atoms with Crippen molar-refractivity contribution in [2.24, 2.45) is 10.1 Å². The van der Waals surface area contributed by atoms with Gasteiger partial charge in [0.1, 0.15) is 11.6 Å². The zero-order valence-electron chi connectivity index (χ0n) is 12.3. The van der Waals surface area contributed by atoms with E-state index in [0.29, 0.717) is 0 Å². The van der Waals surface area contributed by atoms with E-state index in [1.807, 2.05) is 57.0 Å². The van der Waals surface area contributed by atoms with Gasteiger partial charge in [0.25, 0.3) is 0 Å². The van der Waals surface area contributed by atoms with Crippen molar-refractivity contribution in [2.45, 2.75) is 27.7 Å². The first-order chi connectivity index (χ1) is 9.51. The van der Waals surface area contributed by atoms with Crippen molar-refractivity contribution in [1.82, 2.24) is 5.01 Å². The minimum atomic E-state index is 0.255. The van der Waals surface area contributed by atoms with Crippen LogP contribution in [0.2, 0.25) is 0 Å². The summed E-state index contributed by atoms with van der Waals surface area (Å²) >= 11 is 0. The predicted octanol–water partition coefficient (Wildman–Crippen LogP) is 3.66. The van der Waals surface area contributed by atoms with Crippen molar-refractivity contribution in [3.8, 4) is 5.75 Å². The number of phenolic OH excluding ortho intramolecular Hbond substituents is 1. The average molecular weight is 269 g/mol. The molecular weight excluding hydrogens is 250 g/mol. The van der Waals surface area contributed by atoms with E-state index >= 15 is 0 Å². The van der Waals surface area contributed by atoms with Crippen LogP contribution in [0, 0.1) is 0 Å². The Morgan fingerprint density at radius 2 is 1.90 bits per heavy atom. The fraction of sp³-hybridized carbons (Fsp3) is 0.250. The van der Waals surface area contributed by atoms with Gasteiger partial charge in [0, 0.05) is 11.4 Å². The van der Waals surface area contributed by atoms with Crippen molar-refractivity contribution in [3.63, 3.8) is 0 Å². The first-order valence-corrected chi connectivity index (χ1v) is 6.56. The number of phenols is 1. The third kappa shape index (κ3) is 2.96. The molecule has 20 heavy (non-hydrogen) atoms.